The Bertz CT molecular complexity index is 1470. The third kappa shape index (κ3) is 3.88. The fourth-order valence-electron chi connectivity index (χ4n) is 6.48. The van der Waals surface area contributed by atoms with Crippen molar-refractivity contribution in [1.82, 2.24) is 14.8 Å². The van der Waals surface area contributed by atoms with Crippen molar-refractivity contribution in [3.8, 4) is 5.75 Å². The van der Waals surface area contributed by atoms with Crippen molar-refractivity contribution >= 4 is 23.2 Å². The molecule has 3 aliphatic rings. The van der Waals surface area contributed by atoms with E-state index in [0.29, 0.717) is 18.7 Å². The van der Waals surface area contributed by atoms with Gasteiger partial charge in [-0.2, -0.15) is 0 Å². The predicted molar refractivity (Wildman–Crippen MR) is 140 cm³/mol. The van der Waals surface area contributed by atoms with Crippen LogP contribution in [0.25, 0.3) is 5.76 Å². The summed E-state index contributed by atoms with van der Waals surface area (Å²) in [5, 5.41) is 48.0. The van der Waals surface area contributed by atoms with Gasteiger partial charge in [0.25, 0.3) is 5.91 Å². The summed E-state index contributed by atoms with van der Waals surface area (Å²) in [6, 6.07) is 6.02. The van der Waals surface area contributed by atoms with Gasteiger partial charge in [-0.1, -0.05) is 6.07 Å². The molecule has 3 aliphatic carbocycles. The Balaban J connectivity index is 1.58. The maximum Gasteiger partial charge on any atom is 0.255 e. The first-order chi connectivity index (χ1) is 18.4. The van der Waals surface area contributed by atoms with Crippen molar-refractivity contribution in [2.24, 2.45) is 24.6 Å². The summed E-state index contributed by atoms with van der Waals surface area (Å²) in [5.74, 6) is -6.59. The molecule has 0 radical (unpaired) electrons. The number of nitrogens with two attached hydrogens (primary N) is 1. The quantitative estimate of drug-likeness (QED) is 0.288. The van der Waals surface area contributed by atoms with E-state index in [1.807, 2.05) is 29.9 Å². The molecule has 0 bridgehead atoms. The SMILES string of the molecule is CN(C)[C@@H]1C(=O)C(C(N)=O)=C(O)[C@@]2(O)C(=O)C3=C(O)c4c(O)ccc(CNCc5cccn5C)c4C[C@H]3C[C@@H]12. The van der Waals surface area contributed by atoms with E-state index >= 15 is 0 Å². The fourth-order valence-corrected chi connectivity index (χ4v) is 6.48. The molecule has 0 unspecified atom stereocenters. The van der Waals surface area contributed by atoms with Crippen molar-refractivity contribution < 1.29 is 34.8 Å². The first kappa shape index (κ1) is 26.7. The Kier molecular flexibility index (Phi) is 6.41. The summed E-state index contributed by atoms with van der Waals surface area (Å²) < 4.78 is 2.00. The lowest BCUT2D eigenvalue weighted by atomic mass is 9.57. The summed E-state index contributed by atoms with van der Waals surface area (Å²) in [4.78, 5) is 40.6. The van der Waals surface area contributed by atoms with Crippen LogP contribution in [0.2, 0.25) is 0 Å². The highest BCUT2D eigenvalue weighted by Gasteiger charge is 2.64. The molecule has 1 saturated carbocycles. The lowest BCUT2D eigenvalue weighted by Crippen LogP contribution is -2.65. The maximum atomic E-state index is 13.9. The van der Waals surface area contributed by atoms with Gasteiger partial charge in [0.05, 0.1) is 11.6 Å². The van der Waals surface area contributed by atoms with Crippen LogP contribution in [0.4, 0.5) is 0 Å². The van der Waals surface area contributed by atoms with Crippen LogP contribution in [0.5, 0.6) is 5.75 Å². The second-order valence-corrected chi connectivity index (χ2v) is 10.8. The fraction of sp³-hybridized carbons (Fsp3) is 0.393. The van der Waals surface area contributed by atoms with Gasteiger partial charge < -0.3 is 36.0 Å². The number of primary amides is 1. The molecule has 7 N–H and O–H groups in total. The number of nitrogens with zero attached hydrogens (tertiary/aromatic N) is 2. The van der Waals surface area contributed by atoms with Crippen LogP contribution in [0.1, 0.15) is 28.8 Å². The van der Waals surface area contributed by atoms with Gasteiger partial charge in [-0.3, -0.25) is 19.3 Å². The highest BCUT2D eigenvalue weighted by Crippen LogP contribution is 2.52. The molecule has 4 atom stereocenters. The van der Waals surface area contributed by atoms with E-state index in [-0.39, 0.29) is 29.7 Å². The molecule has 206 valence electrons. The number of aliphatic hydroxyl groups is 3. The molecule has 1 fully saturated rings. The summed E-state index contributed by atoms with van der Waals surface area (Å²) in [6.07, 6.45) is 2.25. The van der Waals surface area contributed by atoms with Gasteiger partial charge in [0.15, 0.2) is 11.4 Å². The van der Waals surface area contributed by atoms with Crippen molar-refractivity contribution in [3.05, 3.63) is 69.8 Å². The van der Waals surface area contributed by atoms with Crippen LogP contribution in [0.3, 0.4) is 0 Å². The molecule has 11 heteroatoms. The Morgan fingerprint density at radius 2 is 1.90 bits per heavy atom. The number of aliphatic hydroxyl groups excluding tert-OH is 2. The van der Waals surface area contributed by atoms with E-state index in [1.54, 1.807) is 20.2 Å². The number of nitrogens with one attached hydrogen (secondary N) is 1. The molecule has 1 aromatic heterocycles. The number of aryl methyl sites for hydroxylation is 1. The van der Waals surface area contributed by atoms with Crippen LogP contribution < -0.4 is 11.1 Å². The van der Waals surface area contributed by atoms with Gasteiger partial charge in [0.1, 0.15) is 22.8 Å². The lowest BCUT2D eigenvalue weighted by Gasteiger charge is -2.50. The molecule has 11 nitrogen and oxygen atoms in total. The number of ketones is 2. The monoisotopic (exact) mass is 536 g/mol. The third-order valence-corrected chi connectivity index (χ3v) is 8.37. The first-order valence-electron chi connectivity index (χ1n) is 12.7. The highest BCUT2D eigenvalue weighted by atomic mass is 16.3. The summed E-state index contributed by atoms with van der Waals surface area (Å²) in [6.45, 7) is 1.01. The van der Waals surface area contributed by atoms with Crippen LogP contribution in [0, 0.1) is 11.8 Å². The zero-order valence-corrected chi connectivity index (χ0v) is 21.9. The third-order valence-electron chi connectivity index (χ3n) is 8.37. The number of phenols is 1. The molecule has 0 aliphatic heterocycles. The number of rotatable bonds is 6. The summed E-state index contributed by atoms with van der Waals surface area (Å²) >= 11 is 0. The van der Waals surface area contributed by atoms with E-state index in [0.717, 1.165) is 11.3 Å². The standard InChI is InChI=1S/C28H32N4O7/c1-31(2)22-17-10-14-9-16-13(11-30-12-15-5-4-8-32(15)3)6-7-18(33)20(16)23(34)19(14)25(36)28(17,39)26(37)21(24(22)35)27(29)38/h4-8,14,17,22,30,33-34,37,39H,9-12H2,1-3H3,(H2,29,38)/t14-,17-,22-,28-/m0/s1. The van der Waals surface area contributed by atoms with Crippen molar-refractivity contribution in [1.29, 1.82) is 0 Å². The van der Waals surface area contributed by atoms with Crippen LogP contribution >= 0.6 is 0 Å². The number of aromatic nitrogens is 1. The molecule has 5 rings (SSSR count). The van der Waals surface area contributed by atoms with Crippen LogP contribution in [0.15, 0.2) is 47.4 Å². The number of carbonyl (C=O) groups is 3. The minimum absolute atomic E-state index is 0.0532. The van der Waals surface area contributed by atoms with Gasteiger partial charge in [-0.15, -0.1) is 0 Å². The van der Waals surface area contributed by atoms with Crippen LogP contribution in [-0.2, 0) is 40.9 Å². The molecule has 1 heterocycles. The van der Waals surface area contributed by atoms with E-state index in [9.17, 15) is 34.8 Å². The Morgan fingerprint density at radius 3 is 2.51 bits per heavy atom. The van der Waals surface area contributed by atoms with E-state index in [2.05, 4.69) is 5.32 Å². The minimum atomic E-state index is -2.64. The number of hydrogen-bond donors (Lipinski definition) is 6. The Labute approximate surface area is 224 Å². The average molecular weight is 537 g/mol. The molecular formula is C28H32N4O7. The largest absolute Gasteiger partial charge is 0.508 e. The second kappa shape index (κ2) is 9.37. The first-order valence-corrected chi connectivity index (χ1v) is 12.7. The number of fused-ring (bicyclic) bond motifs is 3. The molecule has 2 aromatic rings. The van der Waals surface area contributed by atoms with Crippen molar-refractivity contribution in [2.75, 3.05) is 14.1 Å². The summed E-state index contributed by atoms with van der Waals surface area (Å²) in [5.41, 5.74) is 4.35. The minimum Gasteiger partial charge on any atom is -0.508 e. The normalized spacial score (nSPS) is 26.5. The van der Waals surface area contributed by atoms with E-state index in [4.69, 9.17) is 5.73 Å². The average Bonchev–Trinajstić information content (AvgIpc) is 3.26. The number of carbonyl (C=O) groups excluding carboxylic acids is 3. The van der Waals surface area contributed by atoms with Gasteiger partial charge in [-0.25, -0.2) is 0 Å². The number of aromatic hydroxyl groups is 1. The highest BCUT2D eigenvalue weighted by molar-refractivity contribution is 6.24. The smallest absolute Gasteiger partial charge is 0.255 e. The maximum absolute atomic E-state index is 13.9. The van der Waals surface area contributed by atoms with E-state index < -0.39 is 58.0 Å². The van der Waals surface area contributed by atoms with Crippen LogP contribution in [-0.4, -0.2) is 73.1 Å². The molecular weight excluding hydrogens is 504 g/mol. The van der Waals surface area contributed by atoms with Gasteiger partial charge in [0, 0.05) is 43.5 Å². The Morgan fingerprint density at radius 1 is 1.18 bits per heavy atom. The van der Waals surface area contributed by atoms with Crippen molar-refractivity contribution in [3.63, 3.8) is 0 Å². The topological polar surface area (TPSA) is 178 Å². The number of amides is 1. The molecule has 0 saturated heterocycles. The van der Waals surface area contributed by atoms with E-state index in [1.165, 1.54) is 11.0 Å². The molecule has 1 aromatic carbocycles. The van der Waals surface area contributed by atoms with Gasteiger partial charge >= 0.3 is 0 Å². The molecule has 0 spiro atoms. The number of hydrogen-bond acceptors (Lipinski definition) is 9. The number of likely N-dealkylation sites (N-methyl/N-ethyl adjacent to an activating group) is 1. The number of Topliss-reactive ketones (excluding diaryl/α,β-unsaturated/α-hetero) is 2. The zero-order chi connectivity index (χ0) is 28.4. The Hall–Kier alpha value is -3.93. The second-order valence-electron chi connectivity index (χ2n) is 10.8. The number of benzene rings is 1. The predicted octanol–water partition coefficient (Wildman–Crippen LogP) is 0.592. The van der Waals surface area contributed by atoms with Crippen molar-refractivity contribution in [2.45, 2.75) is 37.6 Å². The molecule has 1 amide bonds. The lowest BCUT2D eigenvalue weighted by molar-refractivity contribution is -0.153. The zero-order valence-electron chi connectivity index (χ0n) is 21.9. The van der Waals surface area contributed by atoms with Gasteiger partial charge in [-0.05, 0) is 62.2 Å². The molecule has 39 heavy (non-hydrogen) atoms. The number of phenolic OH excluding ortho intramolecular Hbond substituents is 1. The summed E-state index contributed by atoms with van der Waals surface area (Å²) in [7, 11) is 5.09. The van der Waals surface area contributed by atoms with Gasteiger partial charge in [0.2, 0.25) is 5.78 Å².